The summed E-state index contributed by atoms with van der Waals surface area (Å²) in [7, 11) is 0. The van der Waals surface area contributed by atoms with E-state index in [1.54, 1.807) is 37.5 Å². The summed E-state index contributed by atoms with van der Waals surface area (Å²) in [6.07, 6.45) is 3.77. The summed E-state index contributed by atoms with van der Waals surface area (Å²) >= 11 is 3.32. The molecule has 3 amide bonds. The van der Waals surface area contributed by atoms with Crippen molar-refractivity contribution in [2.24, 2.45) is 5.10 Å². The Kier molecular flexibility index (Phi) is 7.38. The van der Waals surface area contributed by atoms with E-state index in [1.165, 1.54) is 0 Å². The highest BCUT2D eigenvalue weighted by atomic mass is 79.9. The minimum Gasteiger partial charge on any atom is -0.464 e. The van der Waals surface area contributed by atoms with Gasteiger partial charge in [-0.05, 0) is 69.0 Å². The minimum atomic E-state index is -0.576. The van der Waals surface area contributed by atoms with E-state index >= 15 is 0 Å². The number of hydrogen-bond acceptors (Lipinski definition) is 6. The molecular weight excluding hydrogens is 564 g/mol. The molecule has 0 bridgehead atoms. The monoisotopic (exact) mass is 590 g/mol. The lowest BCUT2D eigenvalue weighted by atomic mass is 9.93. The van der Waals surface area contributed by atoms with Gasteiger partial charge in [0.15, 0.2) is 5.76 Å². The molecule has 0 spiro atoms. The summed E-state index contributed by atoms with van der Waals surface area (Å²) in [5, 5.41) is 5.30. The molecule has 0 saturated carbocycles. The molecule has 0 aliphatic heterocycles. The zero-order valence-electron chi connectivity index (χ0n) is 21.7. The molecule has 0 unspecified atom stereocenters. The lowest BCUT2D eigenvalue weighted by Crippen LogP contribution is -2.41. The molecule has 10 heteroatoms. The van der Waals surface area contributed by atoms with Crippen LogP contribution in [0.25, 0.3) is 11.0 Å². The fourth-order valence-electron chi connectivity index (χ4n) is 4.71. The van der Waals surface area contributed by atoms with Crippen LogP contribution in [0.5, 0.6) is 0 Å². The Morgan fingerprint density at radius 1 is 0.949 bits per heavy atom. The first kappa shape index (κ1) is 26.4. The van der Waals surface area contributed by atoms with Gasteiger partial charge in [0.05, 0.1) is 18.4 Å². The SMILES string of the molecule is Cc1ccc2c(CC(=O)N/N=C3\CCCc4oc(C(=O)NNC(=O)c5ccc(Br)cc5)c(C)c43)coc2c1C. The van der Waals surface area contributed by atoms with Crippen molar-refractivity contribution in [1.29, 1.82) is 0 Å². The highest BCUT2D eigenvalue weighted by molar-refractivity contribution is 9.10. The molecule has 1 aliphatic carbocycles. The topological polar surface area (TPSA) is 126 Å². The molecule has 0 atom stereocenters. The van der Waals surface area contributed by atoms with Crippen LogP contribution < -0.4 is 16.3 Å². The summed E-state index contributed by atoms with van der Waals surface area (Å²) in [6, 6.07) is 10.7. The quantitative estimate of drug-likeness (QED) is 0.276. The Balaban J connectivity index is 1.27. The van der Waals surface area contributed by atoms with E-state index < -0.39 is 11.8 Å². The lowest BCUT2D eigenvalue weighted by Gasteiger charge is -2.13. The number of amides is 3. The highest BCUT2D eigenvalue weighted by Gasteiger charge is 2.28. The maximum Gasteiger partial charge on any atom is 0.305 e. The van der Waals surface area contributed by atoms with Crippen molar-refractivity contribution < 1.29 is 23.2 Å². The molecule has 200 valence electrons. The van der Waals surface area contributed by atoms with Gasteiger partial charge >= 0.3 is 5.91 Å². The standard InChI is InChI=1S/C29H27BrN4O5/c1-15-7-12-21-19(14-38-26(21)16(15)2)13-24(35)32-31-22-5-4-6-23-25(22)17(3)27(39-23)29(37)34-33-28(36)18-8-10-20(30)11-9-18/h7-12,14H,4-6,13H2,1-3H3,(H,32,35)(H,33,36)(H,34,37)/b31-22+. The zero-order valence-corrected chi connectivity index (χ0v) is 23.3. The smallest absolute Gasteiger partial charge is 0.305 e. The molecule has 4 aromatic rings. The third-order valence-electron chi connectivity index (χ3n) is 6.94. The van der Waals surface area contributed by atoms with Gasteiger partial charge in [-0.1, -0.05) is 28.1 Å². The van der Waals surface area contributed by atoms with E-state index in [-0.39, 0.29) is 18.1 Å². The predicted octanol–water partition coefficient (Wildman–Crippen LogP) is 5.19. The largest absolute Gasteiger partial charge is 0.464 e. The number of rotatable bonds is 5. The first-order chi connectivity index (χ1) is 18.7. The van der Waals surface area contributed by atoms with Crippen molar-refractivity contribution >= 4 is 50.3 Å². The Morgan fingerprint density at radius 3 is 2.46 bits per heavy atom. The number of aryl methyl sites for hydroxylation is 3. The van der Waals surface area contributed by atoms with Crippen LogP contribution in [0.1, 0.15) is 67.3 Å². The number of furan rings is 2. The van der Waals surface area contributed by atoms with E-state index in [1.807, 2.05) is 26.0 Å². The number of hydrazine groups is 1. The van der Waals surface area contributed by atoms with Gasteiger partial charge in [0.2, 0.25) is 5.91 Å². The summed E-state index contributed by atoms with van der Waals surface area (Å²) < 4.78 is 12.4. The maximum absolute atomic E-state index is 12.8. The van der Waals surface area contributed by atoms with Crippen LogP contribution in [0.2, 0.25) is 0 Å². The van der Waals surface area contributed by atoms with Gasteiger partial charge in [0.1, 0.15) is 11.3 Å². The molecule has 2 aromatic heterocycles. The summed E-state index contributed by atoms with van der Waals surface area (Å²) in [4.78, 5) is 37.9. The molecule has 0 radical (unpaired) electrons. The maximum atomic E-state index is 12.8. The number of nitrogens with one attached hydrogen (secondary N) is 3. The third kappa shape index (κ3) is 5.37. The second kappa shape index (κ2) is 10.9. The number of carbonyl (C=O) groups is 3. The minimum absolute atomic E-state index is 0.0903. The van der Waals surface area contributed by atoms with E-state index in [9.17, 15) is 14.4 Å². The predicted molar refractivity (Wildman–Crippen MR) is 150 cm³/mol. The number of hydrazone groups is 1. The van der Waals surface area contributed by atoms with Crippen LogP contribution >= 0.6 is 15.9 Å². The molecule has 5 rings (SSSR count). The summed E-state index contributed by atoms with van der Waals surface area (Å²) in [6.45, 7) is 5.78. The van der Waals surface area contributed by atoms with Gasteiger partial charge in [-0.15, -0.1) is 0 Å². The van der Waals surface area contributed by atoms with E-state index in [0.717, 1.165) is 38.6 Å². The molecule has 9 nitrogen and oxygen atoms in total. The van der Waals surface area contributed by atoms with Gasteiger partial charge in [-0.25, -0.2) is 5.43 Å². The van der Waals surface area contributed by atoms with Gasteiger partial charge < -0.3 is 8.83 Å². The van der Waals surface area contributed by atoms with E-state index in [4.69, 9.17) is 8.83 Å². The van der Waals surface area contributed by atoms with Gasteiger partial charge in [-0.2, -0.15) is 5.10 Å². The Bertz CT molecular complexity index is 1630. The molecule has 3 N–H and O–H groups in total. The van der Waals surface area contributed by atoms with Crippen molar-refractivity contribution in [3.63, 3.8) is 0 Å². The number of hydrogen-bond donors (Lipinski definition) is 3. The average Bonchev–Trinajstić information content (AvgIpc) is 3.49. The number of fused-ring (bicyclic) bond motifs is 2. The molecule has 2 heterocycles. The molecule has 0 fully saturated rings. The molecule has 39 heavy (non-hydrogen) atoms. The Labute approximate surface area is 233 Å². The number of carbonyl (C=O) groups excluding carboxylic acids is 3. The zero-order chi connectivity index (χ0) is 27.7. The van der Waals surface area contributed by atoms with Crippen LogP contribution in [-0.2, 0) is 17.6 Å². The van der Waals surface area contributed by atoms with Crippen LogP contribution in [0.3, 0.4) is 0 Å². The van der Waals surface area contributed by atoms with Crippen LogP contribution in [0.15, 0.2) is 61.1 Å². The highest BCUT2D eigenvalue weighted by Crippen LogP contribution is 2.30. The van der Waals surface area contributed by atoms with Crippen molar-refractivity contribution in [2.45, 2.75) is 46.5 Å². The van der Waals surface area contributed by atoms with Crippen molar-refractivity contribution in [1.82, 2.24) is 16.3 Å². The van der Waals surface area contributed by atoms with Crippen LogP contribution in [0, 0.1) is 20.8 Å². The van der Waals surface area contributed by atoms with E-state index in [0.29, 0.717) is 41.0 Å². The first-order valence-electron chi connectivity index (χ1n) is 12.5. The van der Waals surface area contributed by atoms with Crippen LogP contribution in [-0.4, -0.2) is 23.4 Å². The average molecular weight is 591 g/mol. The lowest BCUT2D eigenvalue weighted by molar-refractivity contribution is -0.120. The number of halogens is 1. The van der Waals surface area contributed by atoms with E-state index in [2.05, 4.69) is 37.3 Å². The second-order valence-corrected chi connectivity index (χ2v) is 10.5. The Morgan fingerprint density at radius 2 is 1.69 bits per heavy atom. The fraction of sp³-hybridized carbons (Fsp3) is 0.241. The van der Waals surface area contributed by atoms with Gasteiger partial charge in [0.25, 0.3) is 5.91 Å². The normalized spacial score (nSPS) is 13.8. The molecular formula is C29H27BrN4O5. The Hall–Kier alpha value is -4.18. The van der Waals surface area contributed by atoms with Gasteiger partial charge in [0, 0.05) is 38.5 Å². The fourth-order valence-corrected chi connectivity index (χ4v) is 4.97. The van der Waals surface area contributed by atoms with Crippen molar-refractivity contribution in [3.8, 4) is 0 Å². The summed E-state index contributed by atoms with van der Waals surface area (Å²) in [5.41, 5.74) is 13.6. The van der Waals surface area contributed by atoms with Gasteiger partial charge in [-0.3, -0.25) is 25.2 Å². The molecule has 2 aromatic carbocycles. The van der Waals surface area contributed by atoms with Crippen molar-refractivity contribution in [3.05, 3.63) is 92.0 Å². The van der Waals surface area contributed by atoms with Crippen LogP contribution in [0.4, 0.5) is 0 Å². The number of nitrogens with zero attached hydrogens (tertiary/aromatic N) is 1. The summed E-state index contributed by atoms with van der Waals surface area (Å²) in [5.74, 6) is -0.584. The van der Waals surface area contributed by atoms with Crippen molar-refractivity contribution in [2.75, 3.05) is 0 Å². The third-order valence-corrected chi connectivity index (χ3v) is 7.46. The first-order valence-corrected chi connectivity index (χ1v) is 13.3. The molecule has 0 saturated heterocycles. The number of benzene rings is 2. The second-order valence-electron chi connectivity index (χ2n) is 9.54. The molecule has 1 aliphatic rings.